The molecular formula is C41H37BrN4. The Kier molecular flexibility index (Phi) is 7.40. The molecule has 7 rings (SSSR count). The van der Waals surface area contributed by atoms with E-state index >= 15 is 0 Å². The van der Waals surface area contributed by atoms with Crippen molar-refractivity contribution in [1.82, 2.24) is 19.5 Å². The number of aromatic nitrogens is 4. The molecule has 46 heavy (non-hydrogen) atoms. The van der Waals surface area contributed by atoms with Gasteiger partial charge in [-0.05, 0) is 52.3 Å². The van der Waals surface area contributed by atoms with Crippen molar-refractivity contribution in [3.05, 3.63) is 131 Å². The number of halogens is 1. The Morgan fingerprint density at radius 2 is 0.891 bits per heavy atom. The Morgan fingerprint density at radius 1 is 0.478 bits per heavy atom. The monoisotopic (exact) mass is 664 g/mol. The van der Waals surface area contributed by atoms with Gasteiger partial charge >= 0.3 is 0 Å². The second-order valence-electron chi connectivity index (χ2n) is 14.0. The molecule has 5 aromatic carbocycles. The van der Waals surface area contributed by atoms with Crippen LogP contribution in [0.25, 0.3) is 61.7 Å². The van der Waals surface area contributed by atoms with Crippen LogP contribution >= 0.6 is 15.9 Å². The molecule has 0 aliphatic rings. The lowest BCUT2D eigenvalue weighted by Crippen LogP contribution is -2.11. The largest absolute Gasteiger partial charge is 0.309 e. The van der Waals surface area contributed by atoms with E-state index in [1.54, 1.807) is 0 Å². The predicted octanol–water partition coefficient (Wildman–Crippen LogP) is 11.3. The van der Waals surface area contributed by atoms with E-state index in [4.69, 9.17) is 15.0 Å². The van der Waals surface area contributed by atoms with E-state index < -0.39 is 0 Å². The molecule has 0 spiro atoms. The lowest BCUT2D eigenvalue weighted by molar-refractivity contribution is 0.590. The molecule has 0 atom stereocenters. The summed E-state index contributed by atoms with van der Waals surface area (Å²) in [7, 11) is 0. The van der Waals surface area contributed by atoms with Crippen LogP contribution in [-0.2, 0) is 10.8 Å². The van der Waals surface area contributed by atoms with Crippen LogP contribution in [-0.4, -0.2) is 19.5 Å². The second-order valence-corrected chi connectivity index (χ2v) is 14.9. The highest BCUT2D eigenvalue weighted by atomic mass is 79.9. The van der Waals surface area contributed by atoms with Crippen molar-refractivity contribution in [2.75, 3.05) is 0 Å². The van der Waals surface area contributed by atoms with Gasteiger partial charge < -0.3 is 4.57 Å². The summed E-state index contributed by atoms with van der Waals surface area (Å²) in [6.07, 6.45) is 0. The average Bonchev–Trinajstić information content (AvgIpc) is 3.38. The van der Waals surface area contributed by atoms with Crippen LogP contribution in [0, 0.1) is 0 Å². The minimum Gasteiger partial charge on any atom is -0.309 e. The van der Waals surface area contributed by atoms with E-state index in [0.29, 0.717) is 17.5 Å². The summed E-state index contributed by atoms with van der Waals surface area (Å²) in [5.74, 6) is 1.93. The van der Waals surface area contributed by atoms with Crippen molar-refractivity contribution >= 4 is 37.7 Å². The van der Waals surface area contributed by atoms with E-state index in [-0.39, 0.29) is 10.8 Å². The molecule has 0 radical (unpaired) electrons. The van der Waals surface area contributed by atoms with Crippen molar-refractivity contribution < 1.29 is 0 Å². The molecule has 4 nitrogen and oxygen atoms in total. The molecule has 0 bridgehead atoms. The summed E-state index contributed by atoms with van der Waals surface area (Å²) in [5, 5.41) is 2.45. The van der Waals surface area contributed by atoms with Gasteiger partial charge in [-0.2, -0.15) is 0 Å². The zero-order valence-electron chi connectivity index (χ0n) is 27.1. The average molecular weight is 666 g/mol. The first-order valence-electron chi connectivity index (χ1n) is 15.7. The molecule has 2 aromatic heterocycles. The normalized spacial score (nSPS) is 12.2. The SMILES string of the molecule is CC(C)(C)c1ccc(-c2nc(-c3ccc(C(C)(C)C)cc3)nc(-c3cc(Br)cc(-n4c5ccccc5c5ccccc54)c3)n2)cc1. The first kappa shape index (κ1) is 30.1. The van der Waals surface area contributed by atoms with Crippen LogP contribution in [0.5, 0.6) is 0 Å². The van der Waals surface area contributed by atoms with Gasteiger partial charge in [0.1, 0.15) is 0 Å². The summed E-state index contributed by atoms with van der Waals surface area (Å²) in [4.78, 5) is 15.2. The molecule has 2 heterocycles. The Bertz CT molecular complexity index is 2090. The Hall–Kier alpha value is -4.61. The standard InChI is InChI=1S/C41H37BrN4/c1-40(2,3)29-19-15-26(16-20-29)37-43-38(27-17-21-30(22-18-27)41(4,5)6)45-39(44-37)28-23-31(42)25-32(24-28)46-35-13-9-7-11-33(35)34-12-8-10-14-36(34)46/h7-25H,1-6H3. The highest BCUT2D eigenvalue weighted by Crippen LogP contribution is 2.35. The number of hydrogen-bond donors (Lipinski definition) is 0. The molecule has 0 aliphatic heterocycles. The van der Waals surface area contributed by atoms with Gasteiger partial charge in [0.25, 0.3) is 0 Å². The third kappa shape index (κ3) is 5.65. The molecule has 228 valence electrons. The first-order valence-corrected chi connectivity index (χ1v) is 16.5. The highest BCUT2D eigenvalue weighted by molar-refractivity contribution is 9.10. The smallest absolute Gasteiger partial charge is 0.164 e. The Morgan fingerprint density at radius 3 is 1.33 bits per heavy atom. The fourth-order valence-electron chi connectivity index (χ4n) is 6.03. The lowest BCUT2D eigenvalue weighted by Gasteiger charge is -2.19. The van der Waals surface area contributed by atoms with E-state index in [2.05, 4.69) is 177 Å². The molecule has 0 saturated carbocycles. The van der Waals surface area contributed by atoms with Gasteiger partial charge in [0, 0.05) is 37.6 Å². The summed E-state index contributed by atoms with van der Waals surface area (Å²) in [5.41, 5.74) is 8.83. The number of fused-ring (bicyclic) bond motifs is 3. The van der Waals surface area contributed by atoms with Crippen LogP contribution in [0.2, 0.25) is 0 Å². The molecule has 0 saturated heterocycles. The minimum atomic E-state index is 0.0578. The Labute approximate surface area is 279 Å². The maximum Gasteiger partial charge on any atom is 0.164 e. The molecule has 0 unspecified atom stereocenters. The maximum atomic E-state index is 5.08. The van der Waals surface area contributed by atoms with Gasteiger partial charge in [0.2, 0.25) is 0 Å². The molecule has 0 amide bonds. The van der Waals surface area contributed by atoms with Crippen LogP contribution < -0.4 is 0 Å². The summed E-state index contributed by atoms with van der Waals surface area (Å²) < 4.78 is 3.27. The first-order chi connectivity index (χ1) is 22.0. The molecule has 5 heteroatoms. The van der Waals surface area contributed by atoms with Gasteiger partial charge in [-0.1, -0.05) is 142 Å². The number of nitrogens with zero attached hydrogens (tertiary/aromatic N) is 4. The molecule has 7 aromatic rings. The number of benzene rings is 5. The van der Waals surface area contributed by atoms with Gasteiger partial charge in [0.05, 0.1) is 11.0 Å². The van der Waals surface area contributed by atoms with Gasteiger partial charge in [-0.3, -0.25) is 0 Å². The van der Waals surface area contributed by atoms with E-state index in [9.17, 15) is 0 Å². The van der Waals surface area contributed by atoms with E-state index in [0.717, 1.165) is 37.9 Å². The zero-order chi connectivity index (χ0) is 32.2. The molecule has 0 fully saturated rings. The third-order valence-electron chi connectivity index (χ3n) is 8.63. The topological polar surface area (TPSA) is 43.6 Å². The molecular weight excluding hydrogens is 628 g/mol. The summed E-state index contributed by atoms with van der Waals surface area (Å²) in [6.45, 7) is 13.4. The molecule has 0 N–H and O–H groups in total. The second kappa shape index (κ2) is 11.3. The van der Waals surface area contributed by atoms with Crippen molar-refractivity contribution in [2.45, 2.75) is 52.4 Å². The number of rotatable bonds is 4. The van der Waals surface area contributed by atoms with Crippen LogP contribution in [0.1, 0.15) is 52.7 Å². The predicted molar refractivity (Wildman–Crippen MR) is 196 cm³/mol. The number of hydrogen-bond acceptors (Lipinski definition) is 3. The van der Waals surface area contributed by atoms with Gasteiger partial charge in [-0.25, -0.2) is 15.0 Å². The van der Waals surface area contributed by atoms with Gasteiger partial charge in [0.15, 0.2) is 17.5 Å². The van der Waals surface area contributed by atoms with Crippen LogP contribution in [0.4, 0.5) is 0 Å². The summed E-state index contributed by atoms with van der Waals surface area (Å²) in [6, 6.07) is 40.7. The maximum absolute atomic E-state index is 5.08. The quantitative estimate of drug-likeness (QED) is 0.188. The zero-order valence-corrected chi connectivity index (χ0v) is 28.7. The third-order valence-corrected chi connectivity index (χ3v) is 9.09. The van der Waals surface area contributed by atoms with E-state index in [1.165, 1.54) is 21.9 Å². The Balaban J connectivity index is 1.42. The van der Waals surface area contributed by atoms with Crippen LogP contribution in [0.3, 0.4) is 0 Å². The lowest BCUT2D eigenvalue weighted by atomic mass is 9.86. The minimum absolute atomic E-state index is 0.0578. The number of para-hydroxylation sites is 2. The highest BCUT2D eigenvalue weighted by Gasteiger charge is 2.19. The van der Waals surface area contributed by atoms with E-state index in [1.807, 2.05) is 0 Å². The fraction of sp³-hybridized carbons (Fsp3) is 0.195. The van der Waals surface area contributed by atoms with Crippen molar-refractivity contribution in [2.24, 2.45) is 0 Å². The summed E-state index contributed by atoms with van der Waals surface area (Å²) >= 11 is 3.82. The fourth-order valence-corrected chi connectivity index (χ4v) is 6.52. The van der Waals surface area contributed by atoms with Crippen molar-refractivity contribution in [1.29, 1.82) is 0 Å². The molecule has 0 aliphatic carbocycles. The van der Waals surface area contributed by atoms with Gasteiger partial charge in [-0.15, -0.1) is 0 Å². The van der Waals surface area contributed by atoms with Crippen molar-refractivity contribution in [3.8, 4) is 39.9 Å². The van der Waals surface area contributed by atoms with Crippen LogP contribution in [0.15, 0.2) is 120 Å². The van der Waals surface area contributed by atoms with Crippen molar-refractivity contribution in [3.63, 3.8) is 0 Å².